The van der Waals surface area contributed by atoms with Crippen LogP contribution in [0.5, 0.6) is 0 Å². The lowest BCUT2D eigenvalue weighted by molar-refractivity contribution is 0.102. The molecule has 0 radical (unpaired) electrons. The Labute approximate surface area is 191 Å². The minimum Gasteiger partial charge on any atom is -0.368 e. The fourth-order valence-corrected chi connectivity index (χ4v) is 5.06. The van der Waals surface area contributed by atoms with Gasteiger partial charge in [0.15, 0.2) is 11.5 Å². The standard InChI is InChI=1S/C25H27FN6O/c1-14-9-19-22(31-8-7-27-21(13-31)16-3-4-16)6-5-18(23(19)28-14)25(33)30-17-10-20(26)24-29-15(2)11-32(24)12-17/h5-6,9-12,16,21,27-28H,3-4,7-8,13H2,1-2H3,(H,30,33)/t21-/m1/s1. The summed E-state index contributed by atoms with van der Waals surface area (Å²) in [7, 11) is 0. The van der Waals surface area contributed by atoms with Crippen molar-refractivity contribution in [1.82, 2.24) is 19.7 Å². The monoisotopic (exact) mass is 446 g/mol. The molecule has 33 heavy (non-hydrogen) atoms. The molecule has 1 aromatic carbocycles. The van der Waals surface area contributed by atoms with Crippen LogP contribution >= 0.6 is 0 Å². The van der Waals surface area contributed by atoms with Crippen LogP contribution in [0.15, 0.2) is 36.7 Å². The normalized spacial score (nSPS) is 18.9. The second-order valence-corrected chi connectivity index (χ2v) is 9.36. The van der Waals surface area contributed by atoms with Crippen molar-refractivity contribution < 1.29 is 9.18 Å². The zero-order valence-corrected chi connectivity index (χ0v) is 18.8. The molecule has 170 valence electrons. The molecule has 3 N–H and O–H groups in total. The molecule has 8 heteroatoms. The fraction of sp³-hybridized carbons (Fsp3) is 0.360. The SMILES string of the molecule is Cc1cn2cc(NC(=O)c3ccc(N4CCN[C@@H](C5CC5)C4)c4cc(C)[nH]c34)cc(F)c2n1. The predicted molar refractivity (Wildman–Crippen MR) is 128 cm³/mol. The van der Waals surface area contributed by atoms with E-state index in [4.69, 9.17) is 0 Å². The lowest BCUT2D eigenvalue weighted by atomic mass is 10.0. The number of anilines is 2. The summed E-state index contributed by atoms with van der Waals surface area (Å²) in [5.74, 6) is 0.0412. The predicted octanol–water partition coefficient (Wildman–Crippen LogP) is 4.01. The first-order valence-electron chi connectivity index (χ1n) is 11.5. The summed E-state index contributed by atoms with van der Waals surface area (Å²) in [5, 5.41) is 7.56. The maximum absolute atomic E-state index is 14.5. The summed E-state index contributed by atoms with van der Waals surface area (Å²) in [5.41, 5.74) is 4.85. The van der Waals surface area contributed by atoms with Gasteiger partial charge >= 0.3 is 0 Å². The van der Waals surface area contributed by atoms with Gasteiger partial charge in [0, 0.05) is 60.9 Å². The average Bonchev–Trinajstić information content (AvgIpc) is 3.46. The first kappa shape index (κ1) is 20.2. The van der Waals surface area contributed by atoms with Crippen molar-refractivity contribution in [1.29, 1.82) is 0 Å². The van der Waals surface area contributed by atoms with Crippen LogP contribution in [0.4, 0.5) is 15.8 Å². The number of halogens is 1. The molecule has 0 spiro atoms. The van der Waals surface area contributed by atoms with Crippen LogP contribution < -0.4 is 15.5 Å². The van der Waals surface area contributed by atoms with Gasteiger partial charge in [0.2, 0.25) is 0 Å². The van der Waals surface area contributed by atoms with E-state index in [9.17, 15) is 9.18 Å². The summed E-state index contributed by atoms with van der Waals surface area (Å²) < 4.78 is 16.1. The summed E-state index contributed by atoms with van der Waals surface area (Å²) >= 11 is 0. The Balaban J connectivity index is 1.32. The molecule has 6 rings (SSSR count). The average molecular weight is 447 g/mol. The number of aryl methyl sites for hydroxylation is 2. The van der Waals surface area contributed by atoms with Gasteiger partial charge in [0.25, 0.3) is 5.91 Å². The number of carbonyl (C=O) groups is 1. The first-order chi connectivity index (χ1) is 16.0. The van der Waals surface area contributed by atoms with E-state index in [0.717, 1.165) is 47.8 Å². The third kappa shape index (κ3) is 3.64. The Kier molecular flexibility index (Phi) is 4.65. The minimum absolute atomic E-state index is 0.248. The molecule has 2 aliphatic rings. The van der Waals surface area contributed by atoms with Crippen molar-refractivity contribution in [2.24, 2.45) is 5.92 Å². The van der Waals surface area contributed by atoms with Gasteiger partial charge in [-0.05, 0) is 50.8 Å². The van der Waals surface area contributed by atoms with Crippen LogP contribution in [0.2, 0.25) is 0 Å². The molecule has 4 heterocycles. The minimum atomic E-state index is -0.471. The number of rotatable bonds is 4. The molecule has 1 amide bonds. The molecule has 0 unspecified atom stereocenters. The molecule has 1 aliphatic carbocycles. The van der Waals surface area contributed by atoms with Gasteiger partial charge in [-0.25, -0.2) is 9.37 Å². The third-order valence-electron chi connectivity index (χ3n) is 6.77. The van der Waals surface area contributed by atoms with Gasteiger partial charge in [-0.15, -0.1) is 0 Å². The van der Waals surface area contributed by atoms with Crippen molar-refractivity contribution in [3.8, 4) is 0 Å². The van der Waals surface area contributed by atoms with E-state index < -0.39 is 5.82 Å². The topological polar surface area (TPSA) is 77.5 Å². The highest BCUT2D eigenvalue weighted by molar-refractivity contribution is 6.14. The maximum Gasteiger partial charge on any atom is 0.257 e. The molecule has 1 saturated heterocycles. The summed E-state index contributed by atoms with van der Waals surface area (Å²) in [6.07, 6.45) is 6.04. The lowest BCUT2D eigenvalue weighted by Crippen LogP contribution is -2.51. The van der Waals surface area contributed by atoms with E-state index >= 15 is 0 Å². The number of imidazole rings is 1. The van der Waals surface area contributed by atoms with Gasteiger partial charge in [0.05, 0.1) is 22.5 Å². The molecule has 2 fully saturated rings. The smallest absolute Gasteiger partial charge is 0.257 e. The highest BCUT2D eigenvalue weighted by atomic mass is 19.1. The van der Waals surface area contributed by atoms with Crippen LogP contribution in [0.1, 0.15) is 34.6 Å². The van der Waals surface area contributed by atoms with Crippen molar-refractivity contribution >= 4 is 33.8 Å². The van der Waals surface area contributed by atoms with Gasteiger partial charge < -0.3 is 24.9 Å². The Hall–Kier alpha value is -3.39. The van der Waals surface area contributed by atoms with Gasteiger partial charge in [-0.2, -0.15) is 0 Å². The molecule has 1 saturated carbocycles. The Morgan fingerprint density at radius 2 is 2.06 bits per heavy atom. The van der Waals surface area contributed by atoms with E-state index in [1.807, 2.05) is 26.0 Å². The number of hydrogen-bond acceptors (Lipinski definition) is 4. The number of nitrogens with one attached hydrogen (secondary N) is 3. The summed E-state index contributed by atoms with van der Waals surface area (Å²) in [6, 6.07) is 7.86. The molecular formula is C25H27FN6O. The Bertz CT molecular complexity index is 1380. The number of hydrogen-bond donors (Lipinski definition) is 3. The number of piperazine rings is 1. The second-order valence-electron chi connectivity index (χ2n) is 9.36. The number of fused-ring (bicyclic) bond motifs is 2. The van der Waals surface area contributed by atoms with E-state index in [1.54, 1.807) is 16.8 Å². The van der Waals surface area contributed by atoms with Crippen molar-refractivity contribution in [3.63, 3.8) is 0 Å². The lowest BCUT2D eigenvalue weighted by Gasteiger charge is -2.36. The molecule has 4 aromatic rings. The Morgan fingerprint density at radius 3 is 2.88 bits per heavy atom. The number of aromatic nitrogens is 3. The maximum atomic E-state index is 14.5. The molecule has 3 aromatic heterocycles. The third-order valence-corrected chi connectivity index (χ3v) is 6.77. The number of benzene rings is 1. The first-order valence-corrected chi connectivity index (χ1v) is 11.5. The number of nitrogens with zero attached hydrogens (tertiary/aromatic N) is 3. The quantitative estimate of drug-likeness (QED) is 0.443. The number of aromatic amines is 1. The number of pyridine rings is 1. The van der Waals surface area contributed by atoms with Crippen LogP contribution in [0.3, 0.4) is 0 Å². The zero-order valence-electron chi connectivity index (χ0n) is 18.8. The van der Waals surface area contributed by atoms with Gasteiger partial charge in [0.1, 0.15) is 0 Å². The largest absolute Gasteiger partial charge is 0.368 e. The number of amides is 1. The van der Waals surface area contributed by atoms with E-state index in [-0.39, 0.29) is 11.6 Å². The van der Waals surface area contributed by atoms with Gasteiger partial charge in [-0.3, -0.25) is 4.79 Å². The fourth-order valence-electron chi connectivity index (χ4n) is 5.06. The second kappa shape index (κ2) is 7.59. The van der Waals surface area contributed by atoms with E-state index in [2.05, 4.69) is 31.6 Å². The van der Waals surface area contributed by atoms with Crippen LogP contribution in [0, 0.1) is 25.6 Å². The molecule has 1 aliphatic heterocycles. The summed E-state index contributed by atoms with van der Waals surface area (Å²) in [4.78, 5) is 23.2. The number of carbonyl (C=O) groups excluding carboxylic acids is 1. The van der Waals surface area contributed by atoms with E-state index in [0.29, 0.717) is 23.0 Å². The molecule has 0 bridgehead atoms. The van der Waals surface area contributed by atoms with Crippen molar-refractivity contribution in [2.75, 3.05) is 29.9 Å². The highest BCUT2D eigenvalue weighted by Gasteiger charge is 2.34. The van der Waals surface area contributed by atoms with Crippen LogP contribution in [-0.2, 0) is 0 Å². The molecular weight excluding hydrogens is 419 g/mol. The number of H-pyrrole nitrogens is 1. The van der Waals surface area contributed by atoms with Crippen molar-refractivity contribution in [3.05, 3.63) is 59.4 Å². The highest BCUT2D eigenvalue weighted by Crippen LogP contribution is 2.36. The zero-order chi connectivity index (χ0) is 22.7. The van der Waals surface area contributed by atoms with Gasteiger partial charge in [-0.1, -0.05) is 0 Å². The molecule has 7 nitrogen and oxygen atoms in total. The molecule has 1 atom stereocenters. The van der Waals surface area contributed by atoms with Crippen LogP contribution in [-0.4, -0.2) is 46.0 Å². The Morgan fingerprint density at radius 1 is 1.21 bits per heavy atom. The van der Waals surface area contributed by atoms with E-state index in [1.165, 1.54) is 18.9 Å². The van der Waals surface area contributed by atoms with Crippen LogP contribution in [0.25, 0.3) is 16.6 Å². The summed E-state index contributed by atoms with van der Waals surface area (Å²) in [6.45, 7) is 6.70. The van der Waals surface area contributed by atoms with Crippen molar-refractivity contribution in [2.45, 2.75) is 32.7 Å².